The molecule has 0 aliphatic heterocycles. The summed E-state index contributed by atoms with van der Waals surface area (Å²) >= 11 is 5.71. The van der Waals surface area contributed by atoms with E-state index in [0.717, 1.165) is 12.1 Å². The minimum absolute atomic E-state index is 0.307. The smallest absolute Gasteiger partial charge is 0.244 e. The van der Waals surface area contributed by atoms with Gasteiger partial charge in [-0.2, -0.15) is 0 Å². The van der Waals surface area contributed by atoms with Crippen molar-refractivity contribution in [3.63, 3.8) is 0 Å². The molecule has 1 rings (SSSR count). The van der Waals surface area contributed by atoms with E-state index in [1.807, 2.05) is 6.92 Å². The standard InChI is InChI=1S/C10H17ClN2O2S/c1-4-5-13(3)16(14,15)10-6-9(7-11)12(2)8-10/h6,8H,4-5,7H2,1-3H3. The van der Waals surface area contributed by atoms with Crippen molar-refractivity contribution in [2.45, 2.75) is 24.1 Å². The Kier molecular flexibility index (Phi) is 4.41. The Labute approximate surface area is 102 Å². The van der Waals surface area contributed by atoms with E-state index in [2.05, 4.69) is 0 Å². The molecule has 0 atom stereocenters. The fourth-order valence-corrected chi connectivity index (χ4v) is 3.09. The van der Waals surface area contributed by atoms with Crippen LogP contribution in [0, 0.1) is 0 Å². The third-order valence-corrected chi connectivity index (χ3v) is 4.56. The van der Waals surface area contributed by atoms with Gasteiger partial charge in [0.15, 0.2) is 0 Å². The molecule has 0 spiro atoms. The summed E-state index contributed by atoms with van der Waals surface area (Å²) < 4.78 is 27.2. The zero-order valence-electron chi connectivity index (χ0n) is 9.77. The maximum atomic E-state index is 12.1. The van der Waals surface area contributed by atoms with E-state index in [1.165, 1.54) is 4.31 Å². The lowest BCUT2D eigenvalue weighted by Crippen LogP contribution is -2.27. The molecule has 16 heavy (non-hydrogen) atoms. The van der Waals surface area contributed by atoms with Gasteiger partial charge in [0.1, 0.15) is 4.90 Å². The van der Waals surface area contributed by atoms with Gasteiger partial charge >= 0.3 is 0 Å². The Morgan fingerprint density at radius 3 is 2.56 bits per heavy atom. The number of halogens is 1. The molecule has 0 aliphatic rings. The Balaban J connectivity index is 3.07. The number of nitrogens with zero attached hydrogens (tertiary/aromatic N) is 2. The summed E-state index contributed by atoms with van der Waals surface area (Å²) in [6, 6.07) is 1.62. The second-order valence-corrected chi connectivity index (χ2v) is 6.05. The Morgan fingerprint density at radius 2 is 2.12 bits per heavy atom. The van der Waals surface area contributed by atoms with E-state index >= 15 is 0 Å². The summed E-state index contributed by atoms with van der Waals surface area (Å²) in [5.41, 5.74) is 0.796. The van der Waals surface area contributed by atoms with Gasteiger partial charge in [-0.1, -0.05) is 6.92 Å². The highest BCUT2D eigenvalue weighted by molar-refractivity contribution is 7.89. The van der Waals surface area contributed by atoms with Gasteiger partial charge in [0.05, 0.1) is 5.88 Å². The molecule has 0 saturated carbocycles. The van der Waals surface area contributed by atoms with Gasteiger partial charge in [0.2, 0.25) is 10.0 Å². The lowest BCUT2D eigenvalue weighted by molar-refractivity contribution is 0.468. The zero-order chi connectivity index (χ0) is 12.3. The van der Waals surface area contributed by atoms with Crippen LogP contribution in [0.2, 0.25) is 0 Å². The van der Waals surface area contributed by atoms with Gasteiger partial charge < -0.3 is 4.57 Å². The van der Waals surface area contributed by atoms with Crippen molar-refractivity contribution in [3.05, 3.63) is 18.0 Å². The molecule has 1 aromatic heterocycles. The van der Waals surface area contributed by atoms with Crippen molar-refractivity contribution in [2.24, 2.45) is 7.05 Å². The molecule has 0 fully saturated rings. The lowest BCUT2D eigenvalue weighted by atomic mass is 10.5. The van der Waals surface area contributed by atoms with E-state index in [9.17, 15) is 8.42 Å². The van der Waals surface area contributed by atoms with Crippen molar-refractivity contribution in [1.82, 2.24) is 8.87 Å². The minimum atomic E-state index is -3.36. The second-order valence-electron chi connectivity index (χ2n) is 3.74. The molecule has 0 aliphatic carbocycles. The molecule has 1 aromatic rings. The first kappa shape index (κ1) is 13.5. The number of aromatic nitrogens is 1. The SMILES string of the molecule is CCCN(C)S(=O)(=O)c1cc(CCl)n(C)c1. The molecule has 4 nitrogen and oxygen atoms in total. The van der Waals surface area contributed by atoms with E-state index in [-0.39, 0.29) is 0 Å². The average Bonchev–Trinajstić information content (AvgIpc) is 2.60. The summed E-state index contributed by atoms with van der Waals surface area (Å²) in [7, 11) is 0.0187. The molecule has 0 amide bonds. The first-order valence-electron chi connectivity index (χ1n) is 5.11. The molecular weight excluding hydrogens is 248 g/mol. The Bertz CT molecular complexity index is 453. The number of hydrogen-bond donors (Lipinski definition) is 0. The topological polar surface area (TPSA) is 42.3 Å². The van der Waals surface area contributed by atoms with E-state index in [1.54, 1.807) is 30.9 Å². The number of alkyl halides is 1. The van der Waals surface area contributed by atoms with E-state index in [0.29, 0.717) is 17.3 Å². The Morgan fingerprint density at radius 1 is 1.50 bits per heavy atom. The van der Waals surface area contributed by atoms with Crippen molar-refractivity contribution < 1.29 is 8.42 Å². The first-order chi connectivity index (χ1) is 7.43. The summed E-state index contributed by atoms with van der Waals surface area (Å²) in [5.74, 6) is 0.309. The third-order valence-electron chi connectivity index (χ3n) is 2.47. The van der Waals surface area contributed by atoms with Crippen LogP contribution in [0.25, 0.3) is 0 Å². The molecular formula is C10H17ClN2O2S. The molecule has 0 bridgehead atoms. The summed E-state index contributed by atoms with van der Waals surface area (Å²) in [6.45, 7) is 2.47. The van der Waals surface area contributed by atoms with Crippen LogP contribution in [0.3, 0.4) is 0 Å². The van der Waals surface area contributed by atoms with Gasteiger partial charge in [-0.05, 0) is 12.5 Å². The average molecular weight is 265 g/mol. The largest absolute Gasteiger partial charge is 0.352 e. The van der Waals surface area contributed by atoms with Crippen LogP contribution < -0.4 is 0 Å². The van der Waals surface area contributed by atoms with Crippen molar-refractivity contribution in [1.29, 1.82) is 0 Å². The predicted octanol–water partition coefficient (Wildman–Crippen LogP) is 1.79. The molecule has 0 saturated heterocycles. The number of hydrogen-bond acceptors (Lipinski definition) is 2. The molecule has 0 aromatic carbocycles. The third kappa shape index (κ3) is 2.59. The van der Waals surface area contributed by atoms with Crippen LogP contribution in [0.5, 0.6) is 0 Å². The quantitative estimate of drug-likeness (QED) is 0.761. The molecule has 1 heterocycles. The fraction of sp³-hybridized carbons (Fsp3) is 0.600. The van der Waals surface area contributed by atoms with Gasteiger partial charge in [-0.3, -0.25) is 0 Å². The Hall–Kier alpha value is -0.520. The molecule has 0 radical (unpaired) electrons. The van der Waals surface area contributed by atoms with Crippen LogP contribution >= 0.6 is 11.6 Å². The second kappa shape index (κ2) is 5.21. The van der Waals surface area contributed by atoms with Crippen LogP contribution in [0.1, 0.15) is 19.0 Å². The highest BCUT2D eigenvalue weighted by Gasteiger charge is 2.22. The van der Waals surface area contributed by atoms with Crippen molar-refractivity contribution >= 4 is 21.6 Å². The van der Waals surface area contributed by atoms with Crippen molar-refractivity contribution in [3.8, 4) is 0 Å². The van der Waals surface area contributed by atoms with Crippen molar-refractivity contribution in [2.75, 3.05) is 13.6 Å². The molecule has 0 N–H and O–H groups in total. The monoisotopic (exact) mass is 264 g/mol. The fourth-order valence-electron chi connectivity index (χ4n) is 1.47. The number of aryl methyl sites for hydroxylation is 1. The van der Waals surface area contributed by atoms with Gasteiger partial charge in [0.25, 0.3) is 0 Å². The van der Waals surface area contributed by atoms with Crippen LogP contribution in [-0.2, 0) is 23.0 Å². The van der Waals surface area contributed by atoms with Crippen LogP contribution in [-0.4, -0.2) is 30.9 Å². The highest BCUT2D eigenvalue weighted by atomic mass is 35.5. The summed E-state index contributed by atoms with van der Waals surface area (Å²) in [6.07, 6.45) is 2.39. The van der Waals surface area contributed by atoms with E-state index < -0.39 is 10.0 Å². The predicted molar refractivity (Wildman–Crippen MR) is 65.1 cm³/mol. The summed E-state index contributed by atoms with van der Waals surface area (Å²) in [4.78, 5) is 0.307. The highest BCUT2D eigenvalue weighted by Crippen LogP contribution is 2.18. The molecule has 6 heteroatoms. The van der Waals surface area contributed by atoms with Gasteiger partial charge in [-0.15, -0.1) is 11.6 Å². The maximum absolute atomic E-state index is 12.1. The summed E-state index contributed by atoms with van der Waals surface area (Å²) in [5, 5.41) is 0. The zero-order valence-corrected chi connectivity index (χ0v) is 11.3. The van der Waals surface area contributed by atoms with Gasteiger partial charge in [-0.25, -0.2) is 12.7 Å². The van der Waals surface area contributed by atoms with E-state index in [4.69, 9.17) is 11.6 Å². The normalized spacial score (nSPS) is 12.3. The minimum Gasteiger partial charge on any atom is -0.352 e. The maximum Gasteiger partial charge on any atom is 0.244 e. The number of sulfonamides is 1. The van der Waals surface area contributed by atoms with Gasteiger partial charge in [0, 0.05) is 32.5 Å². The lowest BCUT2D eigenvalue weighted by Gasteiger charge is -2.14. The first-order valence-corrected chi connectivity index (χ1v) is 7.08. The van der Waals surface area contributed by atoms with Crippen LogP contribution in [0.15, 0.2) is 17.2 Å². The van der Waals surface area contributed by atoms with Crippen LogP contribution in [0.4, 0.5) is 0 Å². The number of rotatable bonds is 5. The molecule has 92 valence electrons. The molecule has 0 unspecified atom stereocenters.